The number of rotatable bonds is 12. The van der Waals surface area contributed by atoms with Gasteiger partial charge in [-0.15, -0.1) is 0 Å². The van der Waals surface area contributed by atoms with Crippen LogP contribution in [-0.4, -0.2) is 61.9 Å². The number of nitrogens with one attached hydrogen (secondary N) is 1. The summed E-state index contributed by atoms with van der Waals surface area (Å²) >= 11 is 0. The smallest absolute Gasteiger partial charge is 0.242 e. The molecule has 0 unspecified atom stereocenters. The summed E-state index contributed by atoms with van der Waals surface area (Å²) < 4.78 is 31.2. The van der Waals surface area contributed by atoms with E-state index in [0.29, 0.717) is 12.3 Å². The summed E-state index contributed by atoms with van der Waals surface area (Å²) in [6, 6.07) is 15.5. The molecule has 2 rings (SSSR count). The van der Waals surface area contributed by atoms with Crippen molar-refractivity contribution < 1.29 is 22.7 Å². The molecule has 2 amide bonds. The first-order valence-electron chi connectivity index (χ1n) is 10.8. The molecule has 9 heteroatoms. The maximum Gasteiger partial charge on any atom is 0.242 e. The van der Waals surface area contributed by atoms with Crippen LogP contribution < -0.4 is 10.1 Å². The van der Waals surface area contributed by atoms with E-state index in [9.17, 15) is 18.0 Å². The van der Waals surface area contributed by atoms with Crippen LogP contribution in [0.15, 0.2) is 54.6 Å². The Hall–Kier alpha value is -2.91. The molecule has 2 aromatic rings. The predicted octanol–water partition coefficient (Wildman–Crippen LogP) is 2.40. The van der Waals surface area contributed by atoms with Gasteiger partial charge in [0.2, 0.25) is 21.8 Å². The fraction of sp³-hybridized carbons (Fsp3) is 0.417. The van der Waals surface area contributed by atoms with Crippen molar-refractivity contribution in [3.8, 4) is 5.75 Å². The summed E-state index contributed by atoms with van der Waals surface area (Å²) in [4.78, 5) is 27.4. The molecule has 0 aromatic heterocycles. The van der Waals surface area contributed by atoms with Gasteiger partial charge in [0.05, 0.1) is 19.9 Å². The molecule has 0 saturated heterocycles. The van der Waals surface area contributed by atoms with E-state index in [0.717, 1.165) is 28.1 Å². The second-order valence-corrected chi connectivity index (χ2v) is 9.84. The number of carbonyl (C=O) groups is 2. The largest absolute Gasteiger partial charge is 0.497 e. The van der Waals surface area contributed by atoms with Crippen molar-refractivity contribution in [1.29, 1.82) is 0 Å². The Morgan fingerprint density at radius 3 is 2.15 bits per heavy atom. The van der Waals surface area contributed by atoms with Crippen molar-refractivity contribution >= 4 is 21.8 Å². The lowest BCUT2D eigenvalue weighted by Crippen LogP contribution is -2.51. The number of ether oxygens (including phenoxy) is 1. The molecule has 8 nitrogen and oxygen atoms in total. The maximum absolute atomic E-state index is 13.4. The van der Waals surface area contributed by atoms with Crippen LogP contribution >= 0.6 is 0 Å². The molecule has 0 bridgehead atoms. The lowest BCUT2D eigenvalue weighted by atomic mass is 10.1. The Balaban J connectivity index is 2.27. The molecule has 0 saturated carbocycles. The summed E-state index contributed by atoms with van der Waals surface area (Å²) in [6.45, 7) is 3.95. The number of benzene rings is 2. The molecule has 33 heavy (non-hydrogen) atoms. The second-order valence-electron chi connectivity index (χ2n) is 7.85. The van der Waals surface area contributed by atoms with Gasteiger partial charge in [0.25, 0.3) is 0 Å². The molecule has 2 aromatic carbocycles. The minimum atomic E-state index is -3.66. The molecule has 0 radical (unpaired) electrons. The fourth-order valence-corrected chi connectivity index (χ4v) is 3.95. The minimum absolute atomic E-state index is 0.0677. The predicted molar refractivity (Wildman–Crippen MR) is 128 cm³/mol. The molecule has 1 atom stereocenters. The average molecular weight is 476 g/mol. The zero-order valence-electron chi connectivity index (χ0n) is 19.7. The van der Waals surface area contributed by atoms with E-state index >= 15 is 0 Å². The van der Waals surface area contributed by atoms with Crippen molar-refractivity contribution in [1.82, 2.24) is 14.5 Å². The van der Waals surface area contributed by atoms with Crippen molar-refractivity contribution in [3.05, 3.63) is 65.7 Å². The number of hydrogen-bond acceptors (Lipinski definition) is 5. The topological polar surface area (TPSA) is 96.0 Å². The Kier molecular flexibility index (Phi) is 9.87. The van der Waals surface area contributed by atoms with Gasteiger partial charge >= 0.3 is 0 Å². The third-order valence-corrected chi connectivity index (χ3v) is 6.41. The molecule has 0 spiro atoms. The molecular weight excluding hydrogens is 442 g/mol. The van der Waals surface area contributed by atoms with E-state index in [1.54, 1.807) is 38.3 Å². The first-order valence-corrected chi connectivity index (χ1v) is 12.7. The summed E-state index contributed by atoms with van der Waals surface area (Å²) in [6.07, 6.45) is 1.85. The first kappa shape index (κ1) is 26.3. The maximum atomic E-state index is 13.4. The summed E-state index contributed by atoms with van der Waals surface area (Å²) in [7, 11) is -2.10. The van der Waals surface area contributed by atoms with Crippen molar-refractivity contribution in [2.24, 2.45) is 0 Å². The molecule has 0 aliphatic carbocycles. The highest BCUT2D eigenvalue weighted by atomic mass is 32.2. The molecule has 0 aliphatic rings. The Bertz CT molecular complexity index is 1010. The highest BCUT2D eigenvalue weighted by Gasteiger charge is 2.29. The number of sulfonamides is 1. The summed E-state index contributed by atoms with van der Waals surface area (Å²) in [5.74, 6) is -0.0597. The molecular formula is C24H33N3O5S. The monoisotopic (exact) mass is 475 g/mol. The number of hydrogen-bond donors (Lipinski definition) is 1. The van der Waals surface area contributed by atoms with Gasteiger partial charge in [-0.3, -0.25) is 9.59 Å². The second kappa shape index (κ2) is 12.4. The van der Waals surface area contributed by atoms with Crippen LogP contribution in [0.2, 0.25) is 0 Å². The lowest BCUT2D eigenvalue weighted by molar-refractivity contribution is -0.140. The fourth-order valence-electron chi connectivity index (χ4n) is 3.23. The first-order chi connectivity index (χ1) is 15.7. The van der Waals surface area contributed by atoms with Crippen LogP contribution in [0.3, 0.4) is 0 Å². The Morgan fingerprint density at radius 2 is 1.61 bits per heavy atom. The number of methoxy groups -OCH3 is 1. The standard InChI is InChI=1S/C24H33N3O5S/c1-5-15-25-24(29)19(2)27(17-21-11-13-22(32-3)14-12-21)23(28)18-26(33(4,30)31)16-20-9-7-6-8-10-20/h6-14,19H,5,15-18H2,1-4H3,(H,25,29)/t19-/m0/s1. The van der Waals surface area contributed by atoms with Crippen molar-refractivity contribution in [2.45, 2.75) is 39.4 Å². The van der Waals surface area contributed by atoms with Gasteiger partial charge in [0, 0.05) is 19.6 Å². The van der Waals surface area contributed by atoms with E-state index in [-0.39, 0.29) is 25.5 Å². The third-order valence-electron chi connectivity index (χ3n) is 5.21. The van der Waals surface area contributed by atoms with Gasteiger partial charge in [0.1, 0.15) is 11.8 Å². The molecule has 180 valence electrons. The highest BCUT2D eigenvalue weighted by Crippen LogP contribution is 2.16. The molecule has 1 N–H and O–H groups in total. The summed E-state index contributed by atoms with van der Waals surface area (Å²) in [5.41, 5.74) is 1.57. The van der Waals surface area contributed by atoms with Gasteiger partial charge in [0.15, 0.2) is 0 Å². The van der Waals surface area contributed by atoms with E-state index in [1.807, 2.05) is 37.3 Å². The van der Waals surface area contributed by atoms with E-state index in [1.165, 1.54) is 4.90 Å². The number of carbonyl (C=O) groups excluding carboxylic acids is 2. The van der Waals surface area contributed by atoms with Gasteiger partial charge in [-0.2, -0.15) is 4.31 Å². The van der Waals surface area contributed by atoms with Crippen LogP contribution in [0, 0.1) is 0 Å². The van der Waals surface area contributed by atoms with Crippen molar-refractivity contribution in [3.63, 3.8) is 0 Å². The zero-order chi connectivity index (χ0) is 24.4. The van der Waals surface area contributed by atoms with Gasteiger partial charge in [-0.25, -0.2) is 8.42 Å². The molecule has 0 heterocycles. The number of nitrogens with zero attached hydrogens (tertiary/aromatic N) is 2. The van der Waals surface area contributed by atoms with Crippen LogP contribution in [-0.2, 0) is 32.7 Å². The molecule has 0 fully saturated rings. The van der Waals surface area contributed by atoms with Gasteiger partial charge in [-0.1, -0.05) is 49.4 Å². The minimum Gasteiger partial charge on any atom is -0.497 e. The molecule has 0 aliphatic heterocycles. The number of amides is 2. The van der Waals surface area contributed by atoms with Gasteiger partial charge in [-0.05, 0) is 36.6 Å². The lowest BCUT2D eigenvalue weighted by Gasteiger charge is -2.31. The van der Waals surface area contributed by atoms with E-state index < -0.39 is 22.0 Å². The quantitative estimate of drug-likeness (QED) is 0.509. The van der Waals surface area contributed by atoms with Crippen LogP contribution in [0.25, 0.3) is 0 Å². The Labute approximate surface area is 196 Å². The summed E-state index contributed by atoms with van der Waals surface area (Å²) in [5, 5.41) is 2.81. The Morgan fingerprint density at radius 1 is 1.00 bits per heavy atom. The third kappa shape index (κ3) is 8.18. The average Bonchev–Trinajstić information content (AvgIpc) is 2.80. The highest BCUT2D eigenvalue weighted by molar-refractivity contribution is 7.88. The van der Waals surface area contributed by atoms with Crippen molar-refractivity contribution in [2.75, 3.05) is 26.5 Å². The zero-order valence-corrected chi connectivity index (χ0v) is 20.5. The normalized spacial score (nSPS) is 12.3. The van der Waals surface area contributed by atoms with E-state index in [2.05, 4.69) is 5.32 Å². The van der Waals surface area contributed by atoms with Crippen LogP contribution in [0.4, 0.5) is 0 Å². The van der Waals surface area contributed by atoms with E-state index in [4.69, 9.17) is 4.74 Å². The SMILES string of the molecule is CCCNC(=O)[C@H](C)N(Cc1ccc(OC)cc1)C(=O)CN(Cc1ccccc1)S(C)(=O)=O. The van der Waals surface area contributed by atoms with Gasteiger partial charge < -0.3 is 15.0 Å². The van der Waals surface area contributed by atoms with Crippen LogP contribution in [0.5, 0.6) is 5.75 Å². The van der Waals surface area contributed by atoms with Crippen LogP contribution in [0.1, 0.15) is 31.4 Å².